The quantitative estimate of drug-likeness (QED) is 0.490. The molecule has 0 saturated heterocycles. The molecule has 2 rings (SSSR count). The summed E-state index contributed by atoms with van der Waals surface area (Å²) >= 11 is 0. The number of Topliss-reactive ketones (excluding diaryl/α,β-unsaturated/α-hetero) is 1. The normalized spacial score (nSPS) is 15.1. The van der Waals surface area contributed by atoms with Gasteiger partial charge in [0.05, 0.1) is 0 Å². The van der Waals surface area contributed by atoms with E-state index in [1.54, 1.807) is 0 Å². The van der Waals surface area contributed by atoms with E-state index in [2.05, 4.69) is 17.7 Å². The number of ketones is 1. The van der Waals surface area contributed by atoms with Gasteiger partial charge >= 0.3 is 0 Å². The van der Waals surface area contributed by atoms with Crippen LogP contribution in [0.1, 0.15) is 62.2 Å². The zero-order valence-corrected chi connectivity index (χ0v) is 10.8. The van der Waals surface area contributed by atoms with E-state index in [0.717, 1.165) is 24.9 Å². The van der Waals surface area contributed by atoms with Gasteiger partial charge in [0.1, 0.15) is 0 Å². The summed E-state index contributed by atoms with van der Waals surface area (Å²) in [6.07, 6.45) is 12.8. The topological polar surface area (TPSA) is 22.0 Å². The lowest BCUT2D eigenvalue weighted by Gasteiger charge is -2.02. The lowest BCUT2D eigenvalue weighted by Crippen LogP contribution is -2.00. The number of aromatic nitrogens is 1. The average molecular weight is 233 g/mol. The third-order valence-corrected chi connectivity index (χ3v) is 3.50. The van der Waals surface area contributed by atoms with Gasteiger partial charge < -0.3 is 4.57 Å². The number of carbonyl (C=O) groups is 1. The highest BCUT2D eigenvalue weighted by Crippen LogP contribution is 2.32. The highest BCUT2D eigenvalue weighted by molar-refractivity contribution is 5.99. The summed E-state index contributed by atoms with van der Waals surface area (Å²) < 4.78 is 2.17. The maximum Gasteiger partial charge on any atom is 0.167 e. The zero-order valence-electron chi connectivity index (χ0n) is 10.8. The Morgan fingerprint density at radius 1 is 1.29 bits per heavy atom. The molecule has 1 fully saturated rings. The smallest absolute Gasteiger partial charge is 0.167 e. The van der Waals surface area contributed by atoms with Gasteiger partial charge in [0, 0.05) is 30.4 Å². The molecule has 0 unspecified atom stereocenters. The fourth-order valence-electron chi connectivity index (χ4n) is 2.20. The molecule has 17 heavy (non-hydrogen) atoms. The predicted octanol–water partition coefficient (Wildman–Crippen LogP) is 4.05. The van der Waals surface area contributed by atoms with Crippen LogP contribution in [0.5, 0.6) is 0 Å². The predicted molar refractivity (Wildman–Crippen MR) is 70.2 cm³/mol. The van der Waals surface area contributed by atoms with Crippen LogP contribution in [-0.2, 0) is 6.54 Å². The molecule has 1 aliphatic carbocycles. The lowest BCUT2D eigenvalue weighted by molar-refractivity contribution is 0.0967. The second-order valence-corrected chi connectivity index (χ2v) is 5.19. The summed E-state index contributed by atoms with van der Waals surface area (Å²) in [6.45, 7) is 3.30. The van der Waals surface area contributed by atoms with E-state index < -0.39 is 0 Å². The Morgan fingerprint density at radius 3 is 2.76 bits per heavy atom. The van der Waals surface area contributed by atoms with Gasteiger partial charge in [-0.25, -0.2) is 0 Å². The van der Waals surface area contributed by atoms with Crippen molar-refractivity contribution in [3.05, 3.63) is 24.0 Å². The summed E-state index contributed by atoms with van der Waals surface area (Å²) in [5.74, 6) is 0.699. The molecule has 1 aromatic heterocycles. The summed E-state index contributed by atoms with van der Waals surface area (Å²) in [5.41, 5.74) is 0.918. The van der Waals surface area contributed by atoms with Crippen molar-refractivity contribution in [1.82, 2.24) is 4.57 Å². The van der Waals surface area contributed by atoms with Crippen LogP contribution >= 0.6 is 0 Å². The summed E-state index contributed by atoms with van der Waals surface area (Å²) in [4.78, 5) is 11.8. The first kappa shape index (κ1) is 12.4. The van der Waals surface area contributed by atoms with Crippen LogP contribution in [0.15, 0.2) is 18.5 Å². The van der Waals surface area contributed by atoms with E-state index in [1.165, 1.54) is 32.1 Å². The van der Waals surface area contributed by atoms with Gasteiger partial charge in [-0.1, -0.05) is 32.6 Å². The second kappa shape index (κ2) is 6.04. The molecule has 0 aliphatic heterocycles. The molecule has 0 atom stereocenters. The number of aryl methyl sites for hydroxylation is 1. The van der Waals surface area contributed by atoms with Crippen LogP contribution < -0.4 is 0 Å². The number of rotatable bonds is 8. The molecule has 0 spiro atoms. The minimum absolute atomic E-state index is 0.343. The van der Waals surface area contributed by atoms with E-state index in [4.69, 9.17) is 0 Å². The first-order valence-electron chi connectivity index (χ1n) is 7.01. The highest BCUT2D eigenvalue weighted by Gasteiger charge is 2.30. The standard InChI is InChI=1S/C15H23NO/c1-2-3-4-5-6-10-16-11-9-14(12-16)15(17)13-7-8-13/h9,11-13H,2-8,10H2,1H3. The van der Waals surface area contributed by atoms with Crippen molar-refractivity contribution in [1.29, 1.82) is 0 Å². The molecule has 0 bridgehead atoms. The Morgan fingerprint density at radius 2 is 2.06 bits per heavy atom. The van der Waals surface area contributed by atoms with Gasteiger partial charge in [-0.05, 0) is 25.3 Å². The van der Waals surface area contributed by atoms with Crippen molar-refractivity contribution in [2.24, 2.45) is 5.92 Å². The van der Waals surface area contributed by atoms with Gasteiger partial charge in [0.25, 0.3) is 0 Å². The van der Waals surface area contributed by atoms with Crippen molar-refractivity contribution in [3.63, 3.8) is 0 Å². The summed E-state index contributed by atoms with van der Waals surface area (Å²) in [7, 11) is 0. The number of nitrogens with zero attached hydrogens (tertiary/aromatic N) is 1. The molecule has 2 heteroatoms. The number of hydrogen-bond donors (Lipinski definition) is 0. The molecule has 1 aromatic rings. The van der Waals surface area contributed by atoms with Crippen molar-refractivity contribution in [2.75, 3.05) is 0 Å². The first-order chi connectivity index (χ1) is 8.31. The number of hydrogen-bond acceptors (Lipinski definition) is 1. The van der Waals surface area contributed by atoms with E-state index in [0.29, 0.717) is 11.7 Å². The van der Waals surface area contributed by atoms with Crippen molar-refractivity contribution in [3.8, 4) is 0 Å². The molecule has 1 aliphatic rings. The monoisotopic (exact) mass is 233 g/mol. The molecular weight excluding hydrogens is 210 g/mol. The van der Waals surface area contributed by atoms with Gasteiger partial charge in [0.15, 0.2) is 5.78 Å². The highest BCUT2D eigenvalue weighted by atomic mass is 16.1. The Hall–Kier alpha value is -1.05. The minimum Gasteiger partial charge on any atom is -0.354 e. The third kappa shape index (κ3) is 3.72. The van der Waals surface area contributed by atoms with Crippen LogP contribution in [-0.4, -0.2) is 10.4 Å². The molecular formula is C15H23NO. The van der Waals surface area contributed by atoms with E-state index in [-0.39, 0.29) is 0 Å². The van der Waals surface area contributed by atoms with Crippen LogP contribution in [0.4, 0.5) is 0 Å². The minimum atomic E-state index is 0.343. The van der Waals surface area contributed by atoms with Gasteiger partial charge in [-0.2, -0.15) is 0 Å². The zero-order chi connectivity index (χ0) is 12.1. The summed E-state index contributed by atoms with van der Waals surface area (Å²) in [5, 5.41) is 0. The van der Waals surface area contributed by atoms with Crippen molar-refractivity contribution >= 4 is 5.78 Å². The van der Waals surface area contributed by atoms with Crippen molar-refractivity contribution in [2.45, 2.75) is 58.4 Å². The fourth-order valence-corrected chi connectivity index (χ4v) is 2.20. The Kier molecular flexibility index (Phi) is 4.41. The van der Waals surface area contributed by atoms with Crippen LogP contribution in [0.2, 0.25) is 0 Å². The van der Waals surface area contributed by atoms with E-state index in [1.807, 2.05) is 12.3 Å². The van der Waals surface area contributed by atoms with Gasteiger partial charge in [0.2, 0.25) is 0 Å². The molecule has 0 radical (unpaired) electrons. The van der Waals surface area contributed by atoms with Crippen LogP contribution in [0.25, 0.3) is 0 Å². The fraction of sp³-hybridized carbons (Fsp3) is 0.667. The molecule has 1 heterocycles. The largest absolute Gasteiger partial charge is 0.354 e. The molecule has 0 N–H and O–H groups in total. The Labute approximate surface area is 104 Å². The first-order valence-corrected chi connectivity index (χ1v) is 7.01. The van der Waals surface area contributed by atoms with Gasteiger partial charge in [-0.3, -0.25) is 4.79 Å². The Bertz CT molecular complexity index is 363. The molecule has 1 saturated carbocycles. The third-order valence-electron chi connectivity index (χ3n) is 3.50. The maximum absolute atomic E-state index is 11.8. The van der Waals surface area contributed by atoms with E-state index >= 15 is 0 Å². The molecule has 94 valence electrons. The SMILES string of the molecule is CCCCCCCn1ccc(C(=O)C2CC2)c1. The molecule has 0 aromatic carbocycles. The Balaban J connectivity index is 1.72. The summed E-state index contributed by atoms with van der Waals surface area (Å²) in [6, 6.07) is 1.98. The maximum atomic E-state index is 11.8. The lowest BCUT2D eigenvalue weighted by atomic mass is 10.1. The van der Waals surface area contributed by atoms with Crippen molar-refractivity contribution < 1.29 is 4.79 Å². The second-order valence-electron chi connectivity index (χ2n) is 5.19. The van der Waals surface area contributed by atoms with Gasteiger partial charge in [-0.15, -0.1) is 0 Å². The van der Waals surface area contributed by atoms with Crippen LogP contribution in [0, 0.1) is 5.92 Å². The molecule has 0 amide bonds. The molecule has 2 nitrogen and oxygen atoms in total. The number of unbranched alkanes of at least 4 members (excludes halogenated alkanes) is 4. The number of carbonyl (C=O) groups excluding carboxylic acids is 1. The van der Waals surface area contributed by atoms with E-state index in [9.17, 15) is 4.79 Å². The van der Waals surface area contributed by atoms with Crippen LogP contribution in [0.3, 0.4) is 0 Å². The average Bonchev–Trinajstić information content (AvgIpc) is 3.08.